The van der Waals surface area contributed by atoms with Gasteiger partial charge < -0.3 is 19.5 Å². The standard InChI is InChI=1S/C22H33NO5/c1-14(2)27-21(26)23-10-9-17(13-23)7-8-18-11-15(3)19(16(4)12-18)28-22(5,6)20(24)25/h11-12,14,17H,7-10,13H2,1-6H3,(H,24,25). The SMILES string of the molecule is Cc1cc(CCC2CCN(C(=O)OC(C)C)C2)cc(C)c1OC(C)(C)C(=O)O. The van der Waals surface area contributed by atoms with Crippen molar-refractivity contribution in [3.8, 4) is 5.75 Å². The Kier molecular flexibility index (Phi) is 6.96. The van der Waals surface area contributed by atoms with Crippen LogP contribution in [0.25, 0.3) is 0 Å². The lowest BCUT2D eigenvalue weighted by Gasteiger charge is -2.24. The van der Waals surface area contributed by atoms with Gasteiger partial charge in [0.05, 0.1) is 6.10 Å². The van der Waals surface area contributed by atoms with Crippen LogP contribution in [0.2, 0.25) is 0 Å². The predicted molar refractivity (Wildman–Crippen MR) is 108 cm³/mol. The normalized spacial score (nSPS) is 17.1. The first-order chi connectivity index (χ1) is 13.0. The number of rotatable bonds is 7. The van der Waals surface area contributed by atoms with E-state index < -0.39 is 11.6 Å². The Morgan fingerprint density at radius 1 is 1.25 bits per heavy atom. The van der Waals surface area contributed by atoms with Gasteiger partial charge in [-0.25, -0.2) is 9.59 Å². The zero-order valence-electron chi connectivity index (χ0n) is 17.9. The fourth-order valence-corrected chi connectivity index (χ4v) is 3.53. The smallest absolute Gasteiger partial charge is 0.410 e. The largest absolute Gasteiger partial charge is 0.478 e. The van der Waals surface area contributed by atoms with Crippen molar-refractivity contribution < 1.29 is 24.2 Å². The number of aryl methyl sites for hydroxylation is 3. The van der Waals surface area contributed by atoms with Gasteiger partial charge in [-0.1, -0.05) is 12.1 Å². The first-order valence-corrected chi connectivity index (χ1v) is 9.97. The molecule has 0 spiro atoms. The molecule has 1 heterocycles. The number of ether oxygens (including phenoxy) is 2. The van der Waals surface area contributed by atoms with Crippen molar-refractivity contribution in [3.63, 3.8) is 0 Å². The number of carbonyl (C=O) groups is 2. The predicted octanol–water partition coefficient (Wildman–Crippen LogP) is 4.34. The highest BCUT2D eigenvalue weighted by atomic mass is 16.6. The number of aliphatic carboxylic acids is 1. The lowest BCUT2D eigenvalue weighted by molar-refractivity contribution is -0.152. The van der Waals surface area contributed by atoms with Crippen molar-refractivity contribution in [1.29, 1.82) is 0 Å². The van der Waals surface area contributed by atoms with E-state index in [0.29, 0.717) is 11.7 Å². The van der Waals surface area contributed by atoms with E-state index in [1.165, 1.54) is 5.56 Å². The van der Waals surface area contributed by atoms with E-state index in [9.17, 15) is 14.7 Å². The highest BCUT2D eigenvalue weighted by Gasteiger charge is 2.31. The van der Waals surface area contributed by atoms with Crippen LogP contribution in [0.5, 0.6) is 5.75 Å². The maximum absolute atomic E-state index is 12.0. The molecule has 1 atom stereocenters. The van der Waals surface area contributed by atoms with E-state index in [1.54, 1.807) is 18.7 Å². The molecule has 2 rings (SSSR count). The number of hydrogen-bond acceptors (Lipinski definition) is 4. The second-order valence-electron chi connectivity index (χ2n) is 8.55. The van der Waals surface area contributed by atoms with Gasteiger partial charge in [-0.3, -0.25) is 0 Å². The highest BCUT2D eigenvalue weighted by molar-refractivity contribution is 5.77. The molecule has 1 aliphatic heterocycles. The fraction of sp³-hybridized carbons (Fsp3) is 0.636. The second-order valence-corrected chi connectivity index (χ2v) is 8.55. The molecule has 1 aromatic carbocycles. The molecule has 0 bridgehead atoms. The molecule has 1 amide bonds. The summed E-state index contributed by atoms with van der Waals surface area (Å²) in [7, 11) is 0. The summed E-state index contributed by atoms with van der Waals surface area (Å²) in [6.07, 6.45) is 2.61. The van der Waals surface area contributed by atoms with Crippen LogP contribution in [0.1, 0.15) is 57.2 Å². The Morgan fingerprint density at radius 2 is 1.86 bits per heavy atom. The van der Waals surface area contributed by atoms with Crippen molar-refractivity contribution >= 4 is 12.1 Å². The number of likely N-dealkylation sites (tertiary alicyclic amines) is 1. The zero-order valence-corrected chi connectivity index (χ0v) is 17.9. The molecule has 1 aromatic rings. The summed E-state index contributed by atoms with van der Waals surface area (Å²) in [6, 6.07) is 4.14. The minimum Gasteiger partial charge on any atom is -0.478 e. The van der Waals surface area contributed by atoms with Crippen LogP contribution in [0, 0.1) is 19.8 Å². The van der Waals surface area contributed by atoms with Gasteiger partial charge in [-0.15, -0.1) is 0 Å². The summed E-state index contributed by atoms with van der Waals surface area (Å²) in [6.45, 7) is 12.2. The maximum Gasteiger partial charge on any atom is 0.410 e. The van der Waals surface area contributed by atoms with Crippen molar-refractivity contribution in [2.45, 2.75) is 72.5 Å². The third-order valence-electron chi connectivity index (χ3n) is 5.11. The molecule has 6 nitrogen and oxygen atoms in total. The Balaban J connectivity index is 1.95. The number of nitrogens with zero attached hydrogens (tertiary/aromatic N) is 1. The summed E-state index contributed by atoms with van der Waals surface area (Å²) in [5.41, 5.74) is 1.82. The van der Waals surface area contributed by atoms with Gasteiger partial charge in [-0.2, -0.15) is 0 Å². The van der Waals surface area contributed by atoms with E-state index in [-0.39, 0.29) is 12.2 Å². The molecule has 1 saturated heterocycles. The number of carbonyl (C=O) groups excluding carboxylic acids is 1. The van der Waals surface area contributed by atoms with E-state index in [4.69, 9.17) is 9.47 Å². The number of carboxylic acid groups (broad SMARTS) is 1. The van der Waals surface area contributed by atoms with Crippen LogP contribution in [-0.4, -0.2) is 46.9 Å². The van der Waals surface area contributed by atoms with Gasteiger partial charge in [0.2, 0.25) is 0 Å². The average Bonchev–Trinajstić information content (AvgIpc) is 3.05. The van der Waals surface area contributed by atoms with Gasteiger partial charge in [0, 0.05) is 13.1 Å². The van der Waals surface area contributed by atoms with E-state index >= 15 is 0 Å². The molecule has 6 heteroatoms. The Morgan fingerprint density at radius 3 is 2.39 bits per heavy atom. The third-order valence-corrected chi connectivity index (χ3v) is 5.11. The Hall–Kier alpha value is -2.24. The summed E-state index contributed by atoms with van der Waals surface area (Å²) in [5.74, 6) is 0.124. The average molecular weight is 392 g/mol. The molecule has 0 aromatic heterocycles. The first-order valence-electron chi connectivity index (χ1n) is 9.97. The summed E-state index contributed by atoms with van der Waals surface area (Å²) in [4.78, 5) is 25.1. The number of hydrogen-bond donors (Lipinski definition) is 1. The Bertz CT molecular complexity index is 703. The summed E-state index contributed by atoms with van der Waals surface area (Å²) < 4.78 is 11.0. The van der Waals surface area contributed by atoms with Gasteiger partial charge >= 0.3 is 12.1 Å². The third kappa shape index (κ3) is 5.63. The van der Waals surface area contributed by atoms with Crippen LogP contribution >= 0.6 is 0 Å². The minimum absolute atomic E-state index is 0.0932. The fourth-order valence-electron chi connectivity index (χ4n) is 3.53. The van der Waals surface area contributed by atoms with E-state index in [2.05, 4.69) is 12.1 Å². The molecule has 1 aliphatic rings. The van der Waals surface area contributed by atoms with Crippen LogP contribution in [0.4, 0.5) is 4.79 Å². The molecule has 156 valence electrons. The second kappa shape index (κ2) is 8.84. The Labute approximate surface area is 167 Å². The number of carboxylic acids is 1. The maximum atomic E-state index is 12.0. The molecular weight excluding hydrogens is 358 g/mol. The highest BCUT2D eigenvalue weighted by Crippen LogP contribution is 2.30. The van der Waals surface area contributed by atoms with Crippen molar-refractivity contribution in [2.24, 2.45) is 5.92 Å². The number of benzene rings is 1. The molecule has 1 unspecified atom stereocenters. The van der Waals surface area contributed by atoms with Crippen molar-refractivity contribution in [3.05, 3.63) is 28.8 Å². The molecule has 0 saturated carbocycles. The summed E-state index contributed by atoms with van der Waals surface area (Å²) >= 11 is 0. The molecule has 28 heavy (non-hydrogen) atoms. The molecular formula is C22H33NO5. The van der Waals surface area contributed by atoms with Gasteiger partial charge in [0.25, 0.3) is 0 Å². The first kappa shape index (κ1) is 22.1. The van der Waals surface area contributed by atoms with Gasteiger partial charge in [0.15, 0.2) is 5.60 Å². The van der Waals surface area contributed by atoms with Crippen molar-refractivity contribution in [2.75, 3.05) is 13.1 Å². The molecule has 1 N–H and O–H groups in total. The topological polar surface area (TPSA) is 76.1 Å². The lowest BCUT2D eigenvalue weighted by Crippen LogP contribution is -2.38. The molecule has 1 fully saturated rings. The van der Waals surface area contributed by atoms with E-state index in [1.807, 2.05) is 27.7 Å². The van der Waals surface area contributed by atoms with Crippen LogP contribution in [0.15, 0.2) is 12.1 Å². The van der Waals surface area contributed by atoms with Crippen LogP contribution in [-0.2, 0) is 16.0 Å². The molecule has 0 aliphatic carbocycles. The zero-order chi connectivity index (χ0) is 21.1. The minimum atomic E-state index is -1.27. The lowest BCUT2D eigenvalue weighted by atomic mass is 9.96. The van der Waals surface area contributed by atoms with E-state index in [0.717, 1.165) is 43.5 Å². The van der Waals surface area contributed by atoms with Crippen molar-refractivity contribution in [1.82, 2.24) is 4.90 Å². The quantitative estimate of drug-likeness (QED) is 0.748. The van der Waals surface area contributed by atoms with Gasteiger partial charge in [-0.05, 0) is 83.4 Å². The van der Waals surface area contributed by atoms with Gasteiger partial charge in [0.1, 0.15) is 5.75 Å². The van der Waals surface area contributed by atoms with Crippen LogP contribution in [0.3, 0.4) is 0 Å². The molecule has 0 radical (unpaired) electrons. The number of amides is 1. The summed E-state index contributed by atoms with van der Waals surface area (Å²) in [5, 5.41) is 9.29. The van der Waals surface area contributed by atoms with Crippen LogP contribution < -0.4 is 4.74 Å². The monoisotopic (exact) mass is 391 g/mol.